The molecule has 96 valence electrons. The summed E-state index contributed by atoms with van der Waals surface area (Å²) in [5, 5.41) is 11.5. The lowest BCUT2D eigenvalue weighted by molar-refractivity contribution is 0.0845. The largest absolute Gasteiger partial charge is 0.391 e. The zero-order chi connectivity index (χ0) is 12.5. The third kappa shape index (κ3) is 2.04. The molecule has 3 rings (SSSR count). The van der Waals surface area contributed by atoms with Crippen molar-refractivity contribution in [2.24, 2.45) is 11.7 Å². The van der Waals surface area contributed by atoms with Crippen LogP contribution in [0.4, 0.5) is 0 Å². The van der Waals surface area contributed by atoms with Gasteiger partial charge in [0.15, 0.2) is 0 Å². The average Bonchev–Trinajstić information content (AvgIpc) is 3.06. The standard InChI is InChI=1S/C15H20N2O/c16-14(15(18)11-3-1-2-4-11)12-6-5-10-7-8-17-13(10)9-12/h5-9,11,14-15,17-18H,1-4,16H2/t14-,15+/m0/s1. The van der Waals surface area contributed by atoms with Gasteiger partial charge in [-0.1, -0.05) is 25.0 Å². The molecule has 0 saturated heterocycles. The number of aromatic amines is 1. The Morgan fingerprint density at radius 2 is 2.00 bits per heavy atom. The molecule has 0 amide bonds. The van der Waals surface area contributed by atoms with Crippen molar-refractivity contribution in [1.82, 2.24) is 4.98 Å². The zero-order valence-corrected chi connectivity index (χ0v) is 10.5. The van der Waals surface area contributed by atoms with E-state index in [1.54, 1.807) is 0 Å². The van der Waals surface area contributed by atoms with Gasteiger partial charge >= 0.3 is 0 Å². The van der Waals surface area contributed by atoms with Crippen molar-refractivity contribution < 1.29 is 5.11 Å². The molecular weight excluding hydrogens is 224 g/mol. The number of aromatic nitrogens is 1. The zero-order valence-electron chi connectivity index (χ0n) is 10.5. The molecule has 1 aliphatic rings. The van der Waals surface area contributed by atoms with Crippen LogP contribution in [0, 0.1) is 5.92 Å². The van der Waals surface area contributed by atoms with Crippen LogP contribution in [0.2, 0.25) is 0 Å². The van der Waals surface area contributed by atoms with Gasteiger partial charge in [-0.2, -0.15) is 0 Å². The molecule has 4 N–H and O–H groups in total. The lowest BCUT2D eigenvalue weighted by Crippen LogP contribution is -2.31. The summed E-state index contributed by atoms with van der Waals surface area (Å²) in [7, 11) is 0. The number of hydrogen-bond acceptors (Lipinski definition) is 2. The normalized spacial score (nSPS) is 20.3. The van der Waals surface area contributed by atoms with Crippen molar-refractivity contribution >= 4 is 10.9 Å². The summed E-state index contributed by atoms with van der Waals surface area (Å²) in [6.45, 7) is 0. The van der Waals surface area contributed by atoms with E-state index in [-0.39, 0.29) is 6.04 Å². The number of benzene rings is 1. The van der Waals surface area contributed by atoms with Gasteiger partial charge in [-0.3, -0.25) is 0 Å². The van der Waals surface area contributed by atoms with Crippen LogP contribution < -0.4 is 5.73 Å². The van der Waals surface area contributed by atoms with Crippen molar-refractivity contribution in [1.29, 1.82) is 0 Å². The van der Waals surface area contributed by atoms with E-state index in [2.05, 4.69) is 17.1 Å². The van der Waals surface area contributed by atoms with Gasteiger partial charge in [0, 0.05) is 11.7 Å². The van der Waals surface area contributed by atoms with Crippen LogP contribution in [-0.2, 0) is 0 Å². The first-order valence-corrected chi connectivity index (χ1v) is 6.76. The van der Waals surface area contributed by atoms with Crippen LogP contribution in [0.5, 0.6) is 0 Å². The molecule has 0 aliphatic heterocycles. The second-order valence-corrected chi connectivity index (χ2v) is 5.39. The summed E-state index contributed by atoms with van der Waals surface area (Å²) in [5.74, 6) is 0.374. The first-order valence-electron chi connectivity index (χ1n) is 6.76. The summed E-state index contributed by atoms with van der Waals surface area (Å²) in [6.07, 6.45) is 6.18. The quantitative estimate of drug-likeness (QED) is 0.777. The number of fused-ring (bicyclic) bond motifs is 1. The van der Waals surface area contributed by atoms with Gasteiger partial charge in [0.1, 0.15) is 0 Å². The Balaban J connectivity index is 1.83. The molecular formula is C15H20N2O. The Morgan fingerprint density at radius 3 is 2.78 bits per heavy atom. The summed E-state index contributed by atoms with van der Waals surface area (Å²) >= 11 is 0. The van der Waals surface area contributed by atoms with E-state index in [1.165, 1.54) is 18.2 Å². The maximum Gasteiger partial charge on any atom is 0.0760 e. The number of H-pyrrole nitrogens is 1. The van der Waals surface area contributed by atoms with Crippen LogP contribution >= 0.6 is 0 Å². The molecule has 18 heavy (non-hydrogen) atoms. The van der Waals surface area contributed by atoms with Gasteiger partial charge in [0.2, 0.25) is 0 Å². The molecule has 0 radical (unpaired) electrons. The number of hydrogen-bond donors (Lipinski definition) is 3. The minimum absolute atomic E-state index is 0.277. The van der Waals surface area contributed by atoms with Crippen LogP contribution in [-0.4, -0.2) is 16.2 Å². The Morgan fingerprint density at radius 1 is 1.22 bits per heavy atom. The highest BCUT2D eigenvalue weighted by molar-refractivity contribution is 5.80. The van der Waals surface area contributed by atoms with Gasteiger partial charge in [0.05, 0.1) is 12.1 Å². The van der Waals surface area contributed by atoms with Crippen LogP contribution in [0.15, 0.2) is 30.5 Å². The second kappa shape index (κ2) is 4.75. The lowest BCUT2D eigenvalue weighted by Gasteiger charge is -2.24. The molecule has 0 spiro atoms. The monoisotopic (exact) mass is 244 g/mol. The SMILES string of the molecule is N[C@@H](c1ccc2cc[nH]c2c1)[C@H](O)C1CCCC1. The molecule has 0 unspecified atom stereocenters. The first kappa shape index (κ1) is 11.8. The summed E-state index contributed by atoms with van der Waals surface area (Å²) in [6, 6.07) is 7.90. The number of aliphatic hydroxyl groups is 1. The fourth-order valence-corrected chi connectivity index (χ4v) is 3.06. The van der Waals surface area contributed by atoms with Crippen LogP contribution in [0.25, 0.3) is 10.9 Å². The number of nitrogens with one attached hydrogen (secondary N) is 1. The van der Waals surface area contributed by atoms with Crippen molar-refractivity contribution in [3.8, 4) is 0 Å². The van der Waals surface area contributed by atoms with Crippen LogP contribution in [0.3, 0.4) is 0 Å². The van der Waals surface area contributed by atoms with E-state index in [4.69, 9.17) is 5.73 Å². The first-order chi connectivity index (χ1) is 8.75. The number of rotatable bonds is 3. The van der Waals surface area contributed by atoms with E-state index >= 15 is 0 Å². The van der Waals surface area contributed by atoms with E-state index < -0.39 is 6.10 Å². The Bertz CT molecular complexity index is 528. The molecule has 1 saturated carbocycles. The highest BCUT2D eigenvalue weighted by Gasteiger charge is 2.28. The summed E-state index contributed by atoms with van der Waals surface area (Å²) < 4.78 is 0. The highest BCUT2D eigenvalue weighted by Crippen LogP contribution is 2.33. The van der Waals surface area contributed by atoms with E-state index in [0.717, 1.165) is 23.9 Å². The predicted octanol–water partition coefficient (Wildman–Crippen LogP) is 2.72. The van der Waals surface area contributed by atoms with Gasteiger partial charge in [-0.05, 0) is 41.8 Å². The molecule has 2 aromatic rings. The molecule has 3 heteroatoms. The molecule has 1 fully saturated rings. The van der Waals surface area contributed by atoms with Gasteiger partial charge < -0.3 is 15.8 Å². The molecule has 1 aromatic heterocycles. The average molecular weight is 244 g/mol. The van der Waals surface area contributed by atoms with E-state index in [1.807, 2.05) is 18.3 Å². The fourth-order valence-electron chi connectivity index (χ4n) is 3.06. The third-order valence-electron chi connectivity index (χ3n) is 4.21. The minimum Gasteiger partial charge on any atom is -0.391 e. The molecule has 0 bridgehead atoms. The van der Waals surface area contributed by atoms with Gasteiger partial charge in [-0.15, -0.1) is 0 Å². The summed E-state index contributed by atoms with van der Waals surface area (Å²) in [4.78, 5) is 3.19. The van der Waals surface area contributed by atoms with Crippen molar-refractivity contribution in [3.63, 3.8) is 0 Å². The topological polar surface area (TPSA) is 62.0 Å². The highest BCUT2D eigenvalue weighted by atomic mass is 16.3. The van der Waals surface area contributed by atoms with Crippen molar-refractivity contribution in [2.75, 3.05) is 0 Å². The number of aliphatic hydroxyl groups excluding tert-OH is 1. The fraction of sp³-hybridized carbons (Fsp3) is 0.467. The Hall–Kier alpha value is -1.32. The van der Waals surface area contributed by atoms with Crippen LogP contribution in [0.1, 0.15) is 37.3 Å². The predicted molar refractivity (Wildman–Crippen MR) is 73.2 cm³/mol. The van der Waals surface area contributed by atoms with Gasteiger partial charge in [0.25, 0.3) is 0 Å². The van der Waals surface area contributed by atoms with E-state index in [9.17, 15) is 5.11 Å². The molecule has 1 aromatic carbocycles. The molecule has 1 heterocycles. The third-order valence-corrected chi connectivity index (χ3v) is 4.21. The Kier molecular flexibility index (Phi) is 3.10. The maximum absolute atomic E-state index is 10.4. The molecule has 1 aliphatic carbocycles. The molecule has 3 nitrogen and oxygen atoms in total. The Labute approximate surface area is 107 Å². The van der Waals surface area contributed by atoms with Crippen molar-refractivity contribution in [2.45, 2.75) is 37.8 Å². The second-order valence-electron chi connectivity index (χ2n) is 5.39. The van der Waals surface area contributed by atoms with E-state index in [0.29, 0.717) is 5.92 Å². The number of nitrogens with two attached hydrogens (primary N) is 1. The minimum atomic E-state index is -0.417. The van der Waals surface area contributed by atoms with Gasteiger partial charge in [-0.25, -0.2) is 0 Å². The maximum atomic E-state index is 10.4. The summed E-state index contributed by atoms with van der Waals surface area (Å²) in [5.41, 5.74) is 8.32. The lowest BCUT2D eigenvalue weighted by atomic mass is 9.90. The van der Waals surface area contributed by atoms with Crippen molar-refractivity contribution in [3.05, 3.63) is 36.0 Å². The smallest absolute Gasteiger partial charge is 0.0760 e. The molecule has 2 atom stereocenters.